The van der Waals surface area contributed by atoms with Gasteiger partial charge >= 0.3 is 0 Å². The zero-order valence-corrected chi connectivity index (χ0v) is 15.1. The topological polar surface area (TPSA) is 85.9 Å². The molecule has 1 aliphatic rings. The van der Waals surface area contributed by atoms with Crippen LogP contribution in [0.1, 0.15) is 13.3 Å². The summed E-state index contributed by atoms with van der Waals surface area (Å²) < 4.78 is 16.9. The summed E-state index contributed by atoms with van der Waals surface area (Å²) in [6.45, 7) is 2.34. The molecule has 2 aromatic rings. The molecule has 0 spiro atoms. The van der Waals surface area contributed by atoms with Crippen molar-refractivity contribution in [1.82, 2.24) is 5.32 Å². The molecule has 1 heterocycles. The SMILES string of the molecule is CCC(=O)Nc1cccc(OCC(=O)NCC2COc3ccccc3O2)c1. The number of anilines is 1. The quantitative estimate of drug-likeness (QED) is 0.782. The van der Waals surface area contributed by atoms with Gasteiger partial charge in [0.2, 0.25) is 5.91 Å². The number of amides is 2. The number of hydrogen-bond acceptors (Lipinski definition) is 5. The van der Waals surface area contributed by atoms with Crippen molar-refractivity contribution in [2.24, 2.45) is 0 Å². The van der Waals surface area contributed by atoms with E-state index in [0.29, 0.717) is 42.5 Å². The van der Waals surface area contributed by atoms with Crippen LogP contribution in [0.5, 0.6) is 17.2 Å². The Kier molecular flexibility index (Phi) is 6.14. The summed E-state index contributed by atoms with van der Waals surface area (Å²) in [5.74, 6) is 1.54. The highest BCUT2D eigenvalue weighted by Gasteiger charge is 2.21. The van der Waals surface area contributed by atoms with Crippen molar-refractivity contribution >= 4 is 17.5 Å². The molecule has 27 heavy (non-hydrogen) atoms. The minimum absolute atomic E-state index is 0.0823. The van der Waals surface area contributed by atoms with Gasteiger partial charge in [-0.25, -0.2) is 0 Å². The number of ether oxygens (including phenoxy) is 3. The van der Waals surface area contributed by atoms with Crippen LogP contribution in [0.2, 0.25) is 0 Å². The Morgan fingerprint density at radius 2 is 1.93 bits per heavy atom. The Balaban J connectivity index is 1.43. The van der Waals surface area contributed by atoms with E-state index in [0.717, 1.165) is 0 Å². The van der Waals surface area contributed by atoms with E-state index >= 15 is 0 Å². The normalized spacial score (nSPS) is 14.9. The molecule has 0 fully saturated rings. The molecular formula is C20H22N2O5. The molecule has 2 amide bonds. The van der Waals surface area contributed by atoms with E-state index in [1.807, 2.05) is 24.3 Å². The fraction of sp³-hybridized carbons (Fsp3) is 0.300. The average Bonchev–Trinajstić information content (AvgIpc) is 2.70. The fourth-order valence-corrected chi connectivity index (χ4v) is 2.50. The number of hydrogen-bond donors (Lipinski definition) is 2. The van der Waals surface area contributed by atoms with Gasteiger partial charge in [0.25, 0.3) is 5.91 Å². The molecule has 2 aromatic carbocycles. The molecule has 0 saturated carbocycles. The predicted octanol–water partition coefficient (Wildman–Crippen LogP) is 2.37. The first-order valence-corrected chi connectivity index (χ1v) is 8.82. The summed E-state index contributed by atoms with van der Waals surface area (Å²) in [6.07, 6.45) is 0.140. The smallest absolute Gasteiger partial charge is 0.258 e. The molecule has 2 N–H and O–H groups in total. The largest absolute Gasteiger partial charge is 0.486 e. The molecule has 0 saturated heterocycles. The third kappa shape index (κ3) is 5.37. The van der Waals surface area contributed by atoms with Crippen LogP contribution in [0.4, 0.5) is 5.69 Å². The van der Waals surface area contributed by atoms with Crippen molar-refractivity contribution in [3.63, 3.8) is 0 Å². The van der Waals surface area contributed by atoms with Gasteiger partial charge < -0.3 is 24.8 Å². The first-order chi connectivity index (χ1) is 13.1. The Morgan fingerprint density at radius 3 is 2.74 bits per heavy atom. The molecule has 142 valence electrons. The van der Waals surface area contributed by atoms with Gasteiger partial charge in [-0.05, 0) is 24.3 Å². The zero-order chi connectivity index (χ0) is 19.1. The monoisotopic (exact) mass is 370 g/mol. The number of fused-ring (bicyclic) bond motifs is 1. The Labute approximate surface area is 157 Å². The van der Waals surface area contributed by atoms with Crippen molar-refractivity contribution in [1.29, 1.82) is 0 Å². The Hall–Kier alpha value is -3.22. The first-order valence-electron chi connectivity index (χ1n) is 8.82. The molecule has 7 nitrogen and oxygen atoms in total. The standard InChI is InChI=1S/C20H22N2O5/c1-2-19(23)22-14-6-5-7-15(10-14)25-13-20(24)21-11-16-12-26-17-8-3-4-9-18(17)27-16/h3-10,16H,2,11-13H2,1H3,(H,21,24)(H,22,23). The number of benzene rings is 2. The molecule has 3 rings (SSSR count). The number of para-hydroxylation sites is 2. The van der Waals surface area contributed by atoms with Crippen molar-refractivity contribution in [3.8, 4) is 17.2 Å². The third-order valence-electron chi connectivity index (χ3n) is 3.90. The second kappa shape index (κ2) is 8.93. The summed E-state index contributed by atoms with van der Waals surface area (Å²) in [5, 5.41) is 5.52. The second-order valence-corrected chi connectivity index (χ2v) is 6.02. The summed E-state index contributed by atoms with van der Waals surface area (Å²) in [6, 6.07) is 14.3. The van der Waals surface area contributed by atoms with Gasteiger partial charge in [-0.2, -0.15) is 0 Å². The van der Waals surface area contributed by atoms with Gasteiger partial charge in [0.1, 0.15) is 18.5 Å². The molecule has 1 aliphatic heterocycles. The summed E-state index contributed by atoms with van der Waals surface area (Å²) in [7, 11) is 0. The molecular weight excluding hydrogens is 348 g/mol. The predicted molar refractivity (Wildman–Crippen MR) is 100 cm³/mol. The molecule has 1 atom stereocenters. The Bertz CT molecular complexity index is 808. The van der Waals surface area contributed by atoms with Crippen molar-refractivity contribution in [2.45, 2.75) is 19.4 Å². The lowest BCUT2D eigenvalue weighted by Crippen LogP contribution is -2.42. The zero-order valence-electron chi connectivity index (χ0n) is 15.1. The maximum atomic E-state index is 12.0. The first kappa shape index (κ1) is 18.6. The molecule has 0 aromatic heterocycles. The van der Waals surface area contributed by atoms with E-state index in [1.54, 1.807) is 31.2 Å². The minimum Gasteiger partial charge on any atom is -0.486 e. The maximum Gasteiger partial charge on any atom is 0.258 e. The molecule has 1 unspecified atom stereocenters. The van der Waals surface area contributed by atoms with E-state index < -0.39 is 0 Å². The van der Waals surface area contributed by atoms with Crippen LogP contribution in [0, 0.1) is 0 Å². The fourth-order valence-electron chi connectivity index (χ4n) is 2.50. The number of carbonyl (C=O) groups excluding carboxylic acids is 2. The van der Waals surface area contributed by atoms with E-state index in [1.165, 1.54) is 0 Å². The lowest BCUT2D eigenvalue weighted by atomic mass is 10.2. The van der Waals surface area contributed by atoms with E-state index in [-0.39, 0.29) is 24.5 Å². The molecule has 0 radical (unpaired) electrons. The van der Waals surface area contributed by atoms with Gasteiger partial charge in [-0.1, -0.05) is 25.1 Å². The lowest BCUT2D eigenvalue weighted by molar-refractivity contribution is -0.123. The van der Waals surface area contributed by atoms with Gasteiger partial charge in [0, 0.05) is 18.2 Å². The van der Waals surface area contributed by atoms with Crippen LogP contribution in [0.15, 0.2) is 48.5 Å². The minimum atomic E-state index is -0.263. The highest BCUT2D eigenvalue weighted by molar-refractivity contribution is 5.90. The highest BCUT2D eigenvalue weighted by atomic mass is 16.6. The lowest BCUT2D eigenvalue weighted by Gasteiger charge is -2.26. The number of nitrogens with one attached hydrogen (secondary N) is 2. The van der Waals surface area contributed by atoms with Crippen LogP contribution >= 0.6 is 0 Å². The number of rotatable bonds is 7. The van der Waals surface area contributed by atoms with E-state index in [2.05, 4.69) is 10.6 Å². The molecule has 0 bridgehead atoms. The summed E-state index contributed by atoms with van der Waals surface area (Å²) in [5.41, 5.74) is 0.631. The van der Waals surface area contributed by atoms with Crippen LogP contribution in [-0.2, 0) is 9.59 Å². The molecule has 0 aliphatic carbocycles. The van der Waals surface area contributed by atoms with Crippen LogP contribution in [0.25, 0.3) is 0 Å². The third-order valence-corrected chi connectivity index (χ3v) is 3.90. The van der Waals surface area contributed by atoms with E-state index in [9.17, 15) is 9.59 Å². The number of carbonyl (C=O) groups is 2. The van der Waals surface area contributed by atoms with Gasteiger partial charge in [-0.15, -0.1) is 0 Å². The average molecular weight is 370 g/mol. The van der Waals surface area contributed by atoms with Gasteiger partial charge in [0.05, 0.1) is 6.54 Å². The second-order valence-electron chi connectivity index (χ2n) is 6.02. The van der Waals surface area contributed by atoms with Gasteiger partial charge in [-0.3, -0.25) is 9.59 Å². The van der Waals surface area contributed by atoms with Crippen LogP contribution < -0.4 is 24.8 Å². The van der Waals surface area contributed by atoms with Crippen LogP contribution in [-0.4, -0.2) is 37.7 Å². The highest BCUT2D eigenvalue weighted by Crippen LogP contribution is 2.30. The van der Waals surface area contributed by atoms with Crippen molar-refractivity contribution in [3.05, 3.63) is 48.5 Å². The van der Waals surface area contributed by atoms with Crippen molar-refractivity contribution < 1.29 is 23.8 Å². The Morgan fingerprint density at radius 1 is 1.11 bits per heavy atom. The van der Waals surface area contributed by atoms with E-state index in [4.69, 9.17) is 14.2 Å². The van der Waals surface area contributed by atoms with Crippen LogP contribution in [0.3, 0.4) is 0 Å². The van der Waals surface area contributed by atoms with Crippen molar-refractivity contribution in [2.75, 3.05) is 25.1 Å². The summed E-state index contributed by atoms with van der Waals surface area (Å²) >= 11 is 0. The maximum absolute atomic E-state index is 12.0. The van der Waals surface area contributed by atoms with Gasteiger partial charge in [0.15, 0.2) is 18.1 Å². The summed E-state index contributed by atoms with van der Waals surface area (Å²) in [4.78, 5) is 23.4. The molecule has 7 heteroatoms.